The summed E-state index contributed by atoms with van der Waals surface area (Å²) in [5, 5.41) is 0. The van der Waals surface area contributed by atoms with E-state index in [0.29, 0.717) is 6.61 Å². The van der Waals surface area contributed by atoms with E-state index in [1.165, 1.54) is 0 Å². The Kier molecular flexibility index (Phi) is 5.93. The molecule has 1 fully saturated rings. The Morgan fingerprint density at radius 3 is 2.53 bits per heavy atom. The largest absolute Gasteiger partial charge is 0.640 e. The molecular formula is C12H26BNO3. The molecule has 4 nitrogen and oxygen atoms in total. The predicted molar refractivity (Wildman–Crippen MR) is 69.8 cm³/mol. The maximum Gasteiger partial charge on any atom is 0.640 e. The third kappa shape index (κ3) is 5.38. The van der Waals surface area contributed by atoms with Gasteiger partial charge in [-0.3, -0.25) is 0 Å². The summed E-state index contributed by atoms with van der Waals surface area (Å²) in [5.41, 5.74) is -0.155. The van der Waals surface area contributed by atoms with Gasteiger partial charge >= 0.3 is 7.32 Å². The lowest BCUT2D eigenvalue weighted by Crippen LogP contribution is -2.48. The fraction of sp³-hybridized carbons (Fsp3) is 1.00. The molecule has 0 aromatic rings. The van der Waals surface area contributed by atoms with Gasteiger partial charge in [0.1, 0.15) is 0 Å². The summed E-state index contributed by atoms with van der Waals surface area (Å²) in [6.45, 7) is 14.2. The molecule has 5 heteroatoms. The van der Waals surface area contributed by atoms with E-state index in [-0.39, 0.29) is 11.7 Å². The van der Waals surface area contributed by atoms with Crippen LogP contribution in [0.15, 0.2) is 0 Å². The van der Waals surface area contributed by atoms with Gasteiger partial charge < -0.3 is 18.9 Å². The van der Waals surface area contributed by atoms with E-state index in [0.717, 1.165) is 26.1 Å². The van der Waals surface area contributed by atoms with Crippen molar-refractivity contribution in [1.82, 2.24) is 4.90 Å². The maximum atomic E-state index is 5.73. The average molecular weight is 243 g/mol. The Morgan fingerprint density at radius 2 is 2.00 bits per heavy atom. The lowest BCUT2D eigenvalue weighted by Gasteiger charge is -2.37. The molecule has 0 N–H and O–H groups in total. The first-order valence-electron chi connectivity index (χ1n) is 6.64. The van der Waals surface area contributed by atoms with Crippen LogP contribution in [0, 0.1) is 0 Å². The highest BCUT2D eigenvalue weighted by Gasteiger charge is 2.38. The van der Waals surface area contributed by atoms with Crippen molar-refractivity contribution in [2.24, 2.45) is 0 Å². The van der Waals surface area contributed by atoms with Gasteiger partial charge in [-0.1, -0.05) is 13.8 Å². The molecule has 0 spiro atoms. The first-order chi connectivity index (χ1) is 7.96. The van der Waals surface area contributed by atoms with Gasteiger partial charge in [-0.25, -0.2) is 0 Å². The SMILES string of the molecule is CCN(CC)CCOB1OC(C)CC(C)(C)O1. The number of nitrogens with zero attached hydrogens (tertiary/aromatic N) is 1. The molecule has 17 heavy (non-hydrogen) atoms. The van der Waals surface area contributed by atoms with E-state index in [4.69, 9.17) is 14.0 Å². The van der Waals surface area contributed by atoms with Crippen molar-refractivity contribution < 1.29 is 14.0 Å². The quantitative estimate of drug-likeness (QED) is 0.667. The Labute approximate surface area is 106 Å². The summed E-state index contributed by atoms with van der Waals surface area (Å²) in [6, 6.07) is 0. The second kappa shape index (κ2) is 6.73. The van der Waals surface area contributed by atoms with Crippen molar-refractivity contribution >= 4 is 7.32 Å². The van der Waals surface area contributed by atoms with Gasteiger partial charge in [-0.15, -0.1) is 0 Å². The zero-order valence-electron chi connectivity index (χ0n) is 11.9. The number of hydrogen-bond donors (Lipinski definition) is 0. The van der Waals surface area contributed by atoms with Crippen LogP contribution in [0.25, 0.3) is 0 Å². The first kappa shape index (κ1) is 15.0. The van der Waals surface area contributed by atoms with Gasteiger partial charge in [0, 0.05) is 19.3 Å². The summed E-state index contributed by atoms with van der Waals surface area (Å²) < 4.78 is 17.0. The highest BCUT2D eigenvalue weighted by atomic mass is 16.7. The van der Waals surface area contributed by atoms with Crippen LogP contribution in [0.1, 0.15) is 41.0 Å². The number of hydrogen-bond acceptors (Lipinski definition) is 4. The van der Waals surface area contributed by atoms with Gasteiger partial charge in [-0.2, -0.15) is 0 Å². The second-order valence-electron chi connectivity index (χ2n) is 5.21. The molecule has 0 aliphatic carbocycles. The monoisotopic (exact) mass is 243 g/mol. The zero-order chi connectivity index (χ0) is 12.9. The summed E-state index contributed by atoms with van der Waals surface area (Å²) in [4.78, 5) is 2.32. The number of rotatable bonds is 6. The minimum atomic E-state index is -0.510. The normalized spacial score (nSPS) is 24.4. The van der Waals surface area contributed by atoms with Gasteiger partial charge in [0.2, 0.25) is 0 Å². The Balaban J connectivity index is 2.27. The average Bonchev–Trinajstić information content (AvgIpc) is 2.21. The van der Waals surface area contributed by atoms with Crippen molar-refractivity contribution in [2.75, 3.05) is 26.2 Å². The van der Waals surface area contributed by atoms with Crippen molar-refractivity contribution in [3.05, 3.63) is 0 Å². The van der Waals surface area contributed by atoms with Crippen LogP contribution in [0.4, 0.5) is 0 Å². The van der Waals surface area contributed by atoms with Crippen LogP contribution in [-0.4, -0.2) is 50.2 Å². The summed E-state index contributed by atoms with van der Waals surface area (Å²) in [7, 11) is -0.510. The molecule has 0 saturated carbocycles. The minimum Gasteiger partial charge on any atom is -0.385 e. The van der Waals surface area contributed by atoms with Crippen LogP contribution in [0.5, 0.6) is 0 Å². The molecule has 0 aromatic heterocycles. The molecule has 1 heterocycles. The third-order valence-electron chi connectivity index (χ3n) is 3.09. The van der Waals surface area contributed by atoms with Gasteiger partial charge in [0.05, 0.1) is 5.60 Å². The molecule has 1 aliphatic rings. The Hall–Kier alpha value is -0.0951. The number of likely N-dealkylation sites (N-methyl/N-ethyl adjacent to an activating group) is 1. The molecule has 100 valence electrons. The standard InChI is InChI=1S/C12H26BNO3/c1-6-14(7-2)8-9-15-13-16-11(3)10-12(4,5)17-13/h11H,6-10H2,1-5H3. The highest BCUT2D eigenvalue weighted by molar-refractivity contribution is 6.36. The third-order valence-corrected chi connectivity index (χ3v) is 3.09. The topological polar surface area (TPSA) is 30.9 Å². The van der Waals surface area contributed by atoms with E-state index < -0.39 is 7.32 Å². The van der Waals surface area contributed by atoms with E-state index in [2.05, 4.69) is 39.5 Å². The van der Waals surface area contributed by atoms with Crippen LogP contribution in [0.3, 0.4) is 0 Å². The zero-order valence-corrected chi connectivity index (χ0v) is 11.9. The van der Waals surface area contributed by atoms with E-state index in [9.17, 15) is 0 Å². The molecule has 1 unspecified atom stereocenters. The van der Waals surface area contributed by atoms with Crippen LogP contribution in [0.2, 0.25) is 0 Å². The molecular weight excluding hydrogens is 217 g/mol. The molecule has 1 saturated heterocycles. The second-order valence-corrected chi connectivity index (χ2v) is 5.21. The summed E-state index contributed by atoms with van der Waals surface area (Å²) in [6.07, 6.45) is 1.10. The van der Waals surface area contributed by atoms with E-state index >= 15 is 0 Å². The van der Waals surface area contributed by atoms with E-state index in [1.807, 2.05) is 0 Å². The molecule has 0 bridgehead atoms. The molecule has 0 radical (unpaired) electrons. The fourth-order valence-corrected chi connectivity index (χ4v) is 2.16. The first-order valence-corrected chi connectivity index (χ1v) is 6.64. The molecule has 0 aromatic carbocycles. The molecule has 1 rings (SSSR count). The molecule has 1 aliphatic heterocycles. The minimum absolute atomic E-state index is 0.155. The van der Waals surface area contributed by atoms with Gasteiger partial charge in [0.25, 0.3) is 0 Å². The van der Waals surface area contributed by atoms with Crippen molar-refractivity contribution in [2.45, 2.75) is 52.7 Å². The van der Waals surface area contributed by atoms with E-state index in [1.54, 1.807) is 0 Å². The smallest absolute Gasteiger partial charge is 0.385 e. The fourth-order valence-electron chi connectivity index (χ4n) is 2.16. The summed E-state index contributed by atoms with van der Waals surface area (Å²) >= 11 is 0. The summed E-state index contributed by atoms with van der Waals surface area (Å²) in [5.74, 6) is 0. The lowest BCUT2D eigenvalue weighted by molar-refractivity contribution is -0.0699. The highest BCUT2D eigenvalue weighted by Crippen LogP contribution is 2.25. The van der Waals surface area contributed by atoms with Gasteiger partial charge in [-0.05, 0) is 40.3 Å². The Bertz CT molecular complexity index is 222. The van der Waals surface area contributed by atoms with Crippen LogP contribution < -0.4 is 0 Å². The Morgan fingerprint density at radius 1 is 1.35 bits per heavy atom. The van der Waals surface area contributed by atoms with Crippen molar-refractivity contribution in [3.8, 4) is 0 Å². The lowest BCUT2D eigenvalue weighted by atomic mass is 9.95. The molecule has 0 amide bonds. The molecule has 1 atom stereocenters. The maximum absolute atomic E-state index is 5.73. The van der Waals surface area contributed by atoms with Crippen LogP contribution >= 0.6 is 0 Å². The van der Waals surface area contributed by atoms with Gasteiger partial charge in [0.15, 0.2) is 0 Å². The predicted octanol–water partition coefficient (Wildman–Crippen LogP) is 1.93. The van der Waals surface area contributed by atoms with Crippen molar-refractivity contribution in [3.63, 3.8) is 0 Å². The van der Waals surface area contributed by atoms with Crippen molar-refractivity contribution in [1.29, 1.82) is 0 Å². The van der Waals surface area contributed by atoms with Crippen LogP contribution in [-0.2, 0) is 14.0 Å².